The van der Waals surface area contributed by atoms with E-state index in [2.05, 4.69) is 31.2 Å². The summed E-state index contributed by atoms with van der Waals surface area (Å²) in [4.78, 5) is 14.7. The number of ether oxygens (including phenoxy) is 1. The van der Waals surface area contributed by atoms with E-state index in [0.717, 1.165) is 38.0 Å². The molecule has 2 N–H and O–H groups in total. The van der Waals surface area contributed by atoms with Gasteiger partial charge in [0.1, 0.15) is 0 Å². The van der Waals surface area contributed by atoms with Crippen molar-refractivity contribution < 1.29 is 9.53 Å². The van der Waals surface area contributed by atoms with Gasteiger partial charge < -0.3 is 15.4 Å². The Morgan fingerprint density at radius 2 is 2.05 bits per heavy atom. The average Bonchev–Trinajstić information content (AvgIpc) is 2.94. The second kappa shape index (κ2) is 6.16. The number of hydrogen-bond acceptors (Lipinski definition) is 3. The van der Waals surface area contributed by atoms with Crippen molar-refractivity contribution in [2.24, 2.45) is 11.7 Å². The van der Waals surface area contributed by atoms with E-state index < -0.39 is 0 Å². The summed E-state index contributed by atoms with van der Waals surface area (Å²) in [6, 6.07) is 8.47. The first-order valence-electron chi connectivity index (χ1n) is 7.87. The Morgan fingerprint density at radius 1 is 1.29 bits per heavy atom. The van der Waals surface area contributed by atoms with Gasteiger partial charge in [0.05, 0.1) is 12.0 Å². The molecule has 2 saturated heterocycles. The highest BCUT2D eigenvalue weighted by Gasteiger charge is 2.37. The number of nitrogens with two attached hydrogens (primary N) is 1. The molecule has 0 aromatic heterocycles. The minimum absolute atomic E-state index is 0.0632. The molecule has 2 heterocycles. The Bertz CT molecular complexity index is 500. The van der Waals surface area contributed by atoms with Crippen molar-refractivity contribution in [2.75, 3.05) is 19.7 Å². The van der Waals surface area contributed by atoms with Crippen LogP contribution in [0.2, 0.25) is 0 Å². The molecule has 21 heavy (non-hydrogen) atoms. The van der Waals surface area contributed by atoms with Crippen LogP contribution in [-0.4, -0.2) is 36.5 Å². The number of carbonyl (C=O) groups excluding carboxylic acids is 1. The van der Waals surface area contributed by atoms with E-state index in [9.17, 15) is 4.79 Å². The topological polar surface area (TPSA) is 55.6 Å². The van der Waals surface area contributed by atoms with Gasteiger partial charge >= 0.3 is 0 Å². The summed E-state index contributed by atoms with van der Waals surface area (Å²) in [5, 5.41) is 0. The number of hydrogen-bond donors (Lipinski definition) is 1. The number of aryl methyl sites for hydroxylation is 1. The molecule has 0 aliphatic carbocycles. The SMILES string of the molecule is Cc1ccc(C2OCCCC2C(=O)N2CC[C@@H](N)C2)cc1. The zero-order chi connectivity index (χ0) is 14.8. The Hall–Kier alpha value is -1.39. The first kappa shape index (κ1) is 14.5. The Kier molecular flexibility index (Phi) is 4.27. The molecule has 1 aromatic carbocycles. The molecule has 3 rings (SSSR count). The van der Waals surface area contributed by atoms with Crippen LogP contribution in [0.4, 0.5) is 0 Å². The van der Waals surface area contributed by atoms with Crippen molar-refractivity contribution in [3.05, 3.63) is 35.4 Å². The lowest BCUT2D eigenvalue weighted by molar-refractivity contribution is -0.144. The number of benzene rings is 1. The van der Waals surface area contributed by atoms with Gasteiger partial charge in [-0.1, -0.05) is 29.8 Å². The van der Waals surface area contributed by atoms with Gasteiger partial charge in [0, 0.05) is 25.7 Å². The van der Waals surface area contributed by atoms with Crippen LogP contribution in [-0.2, 0) is 9.53 Å². The summed E-state index contributed by atoms with van der Waals surface area (Å²) in [7, 11) is 0. The van der Waals surface area contributed by atoms with Gasteiger partial charge in [-0.05, 0) is 31.7 Å². The molecule has 0 radical (unpaired) electrons. The lowest BCUT2D eigenvalue weighted by Crippen LogP contribution is -2.40. The van der Waals surface area contributed by atoms with Crippen LogP contribution in [0.25, 0.3) is 0 Å². The van der Waals surface area contributed by atoms with Gasteiger partial charge in [-0.2, -0.15) is 0 Å². The van der Waals surface area contributed by atoms with Crippen molar-refractivity contribution >= 4 is 5.91 Å². The number of amides is 1. The molecule has 2 fully saturated rings. The van der Waals surface area contributed by atoms with Crippen LogP contribution < -0.4 is 5.73 Å². The van der Waals surface area contributed by atoms with Crippen LogP contribution in [0.5, 0.6) is 0 Å². The number of carbonyl (C=O) groups is 1. The summed E-state index contributed by atoms with van der Waals surface area (Å²) in [5.41, 5.74) is 8.27. The molecule has 2 aliphatic heterocycles. The third-order valence-corrected chi connectivity index (χ3v) is 4.58. The third kappa shape index (κ3) is 3.11. The minimum Gasteiger partial charge on any atom is -0.373 e. The molecule has 0 spiro atoms. The largest absolute Gasteiger partial charge is 0.373 e. The van der Waals surface area contributed by atoms with Crippen molar-refractivity contribution in [1.29, 1.82) is 0 Å². The first-order chi connectivity index (χ1) is 10.1. The Balaban J connectivity index is 1.78. The van der Waals surface area contributed by atoms with Gasteiger partial charge in [0.15, 0.2) is 0 Å². The predicted octanol–water partition coefficient (Wildman–Crippen LogP) is 2.02. The smallest absolute Gasteiger partial charge is 0.228 e. The fraction of sp³-hybridized carbons (Fsp3) is 0.588. The molecular formula is C17H24N2O2. The Labute approximate surface area is 126 Å². The van der Waals surface area contributed by atoms with E-state index >= 15 is 0 Å². The van der Waals surface area contributed by atoms with E-state index in [1.165, 1.54) is 5.56 Å². The lowest BCUT2D eigenvalue weighted by Gasteiger charge is -2.33. The first-order valence-corrected chi connectivity index (χ1v) is 7.87. The summed E-state index contributed by atoms with van der Waals surface area (Å²) in [6.45, 7) is 4.29. The summed E-state index contributed by atoms with van der Waals surface area (Å²) >= 11 is 0. The maximum atomic E-state index is 12.8. The molecule has 1 aromatic rings. The van der Waals surface area contributed by atoms with E-state index in [1.54, 1.807) is 0 Å². The molecule has 114 valence electrons. The zero-order valence-electron chi connectivity index (χ0n) is 12.6. The molecule has 1 amide bonds. The van der Waals surface area contributed by atoms with Crippen LogP contribution in [0.1, 0.15) is 36.5 Å². The number of rotatable bonds is 2. The Morgan fingerprint density at radius 3 is 2.71 bits per heavy atom. The average molecular weight is 288 g/mol. The molecule has 0 saturated carbocycles. The lowest BCUT2D eigenvalue weighted by atomic mass is 9.88. The van der Waals surface area contributed by atoms with Crippen molar-refractivity contribution in [1.82, 2.24) is 4.90 Å². The highest BCUT2D eigenvalue weighted by Crippen LogP contribution is 2.35. The van der Waals surface area contributed by atoms with Crippen LogP contribution in [0.3, 0.4) is 0 Å². The quantitative estimate of drug-likeness (QED) is 0.906. The van der Waals surface area contributed by atoms with E-state index in [4.69, 9.17) is 10.5 Å². The zero-order valence-corrected chi connectivity index (χ0v) is 12.6. The molecule has 4 nitrogen and oxygen atoms in total. The second-order valence-corrected chi connectivity index (χ2v) is 6.28. The monoisotopic (exact) mass is 288 g/mol. The molecule has 4 heteroatoms. The molecule has 2 unspecified atom stereocenters. The van der Waals surface area contributed by atoms with Gasteiger partial charge in [-0.3, -0.25) is 4.79 Å². The molecular weight excluding hydrogens is 264 g/mol. The van der Waals surface area contributed by atoms with Crippen molar-refractivity contribution in [2.45, 2.75) is 38.3 Å². The number of nitrogens with zero attached hydrogens (tertiary/aromatic N) is 1. The van der Waals surface area contributed by atoms with Crippen LogP contribution in [0.15, 0.2) is 24.3 Å². The van der Waals surface area contributed by atoms with E-state index in [-0.39, 0.29) is 24.0 Å². The second-order valence-electron chi connectivity index (χ2n) is 6.28. The van der Waals surface area contributed by atoms with Crippen LogP contribution in [0, 0.1) is 12.8 Å². The maximum Gasteiger partial charge on any atom is 0.228 e. The molecule has 3 atom stereocenters. The fourth-order valence-electron chi connectivity index (χ4n) is 3.34. The highest BCUT2D eigenvalue weighted by molar-refractivity contribution is 5.80. The van der Waals surface area contributed by atoms with Gasteiger partial charge in [0.25, 0.3) is 0 Å². The number of likely N-dealkylation sites (tertiary alicyclic amines) is 1. The fourth-order valence-corrected chi connectivity index (χ4v) is 3.34. The molecule has 0 bridgehead atoms. The van der Waals surface area contributed by atoms with Gasteiger partial charge in [-0.15, -0.1) is 0 Å². The van der Waals surface area contributed by atoms with Crippen molar-refractivity contribution in [3.63, 3.8) is 0 Å². The van der Waals surface area contributed by atoms with Crippen LogP contribution >= 0.6 is 0 Å². The normalized spacial score (nSPS) is 29.6. The highest BCUT2D eigenvalue weighted by atomic mass is 16.5. The van der Waals surface area contributed by atoms with E-state index in [0.29, 0.717) is 6.54 Å². The summed E-state index contributed by atoms with van der Waals surface area (Å²) < 4.78 is 5.95. The van der Waals surface area contributed by atoms with Gasteiger partial charge in [-0.25, -0.2) is 0 Å². The van der Waals surface area contributed by atoms with Gasteiger partial charge in [0.2, 0.25) is 5.91 Å². The maximum absolute atomic E-state index is 12.8. The predicted molar refractivity (Wildman–Crippen MR) is 81.8 cm³/mol. The third-order valence-electron chi connectivity index (χ3n) is 4.58. The summed E-state index contributed by atoms with van der Waals surface area (Å²) in [5.74, 6) is 0.153. The van der Waals surface area contributed by atoms with E-state index in [1.807, 2.05) is 4.90 Å². The minimum atomic E-state index is -0.108. The van der Waals surface area contributed by atoms with Crippen molar-refractivity contribution in [3.8, 4) is 0 Å². The summed E-state index contributed by atoms with van der Waals surface area (Å²) in [6.07, 6.45) is 2.67. The molecule has 2 aliphatic rings. The standard InChI is InChI=1S/C17H24N2O2/c1-12-4-6-13(7-5-12)16-15(3-2-10-21-16)17(20)19-9-8-14(18)11-19/h4-7,14-16H,2-3,8-11,18H2,1H3/t14-,15?,16?/m1/s1.